The minimum atomic E-state index is -4.56. The fraction of sp³-hybridized carbons (Fsp3) is 0.333. The minimum Gasteiger partial charge on any atom is -0.355 e. The lowest BCUT2D eigenvalue weighted by Crippen LogP contribution is -2.20. The van der Waals surface area contributed by atoms with E-state index < -0.39 is 16.9 Å². The number of hydrogen-bond donors (Lipinski definition) is 1. The Labute approximate surface area is 113 Å². The predicted molar refractivity (Wildman–Crippen MR) is 64.4 cm³/mol. The second-order valence-corrected chi connectivity index (χ2v) is 3.95. The molecular weight excluding hydrogens is 281 g/mol. The van der Waals surface area contributed by atoms with Gasteiger partial charge in [0.2, 0.25) is 5.91 Å². The molecule has 0 aliphatic heterocycles. The maximum atomic E-state index is 12.5. The van der Waals surface area contributed by atoms with Gasteiger partial charge in [-0.15, -0.1) is 0 Å². The molecule has 0 fully saturated rings. The molecule has 0 aliphatic carbocycles. The van der Waals surface area contributed by atoms with Gasteiger partial charge in [-0.1, -0.05) is 23.4 Å². The average molecular weight is 291 g/mol. The van der Waals surface area contributed by atoms with Crippen LogP contribution in [0.3, 0.4) is 0 Å². The Balaban J connectivity index is 2.75. The summed E-state index contributed by atoms with van der Waals surface area (Å²) in [5.41, 5.74) is -0.887. The third-order valence-corrected chi connectivity index (χ3v) is 2.30. The summed E-state index contributed by atoms with van der Waals surface area (Å²) in [5.74, 6) is 4.99. The lowest BCUT2D eigenvalue weighted by molar-refractivity contribution is -0.137. The van der Waals surface area contributed by atoms with Crippen LogP contribution in [0.1, 0.15) is 24.5 Å². The van der Waals surface area contributed by atoms with Crippen LogP contribution in [0.5, 0.6) is 0 Å². The van der Waals surface area contributed by atoms with Gasteiger partial charge in [-0.25, -0.2) is 4.98 Å². The standard InChI is InChI=1S/C12H10ClF3N2O/c1-8(19)17-5-3-2-4-9-6-10(12(14,15)16)11(13)18-7-9/h6-7H,3,5H2,1H3,(H,17,19). The monoisotopic (exact) mass is 290 g/mol. The first-order valence-corrected chi connectivity index (χ1v) is 5.64. The summed E-state index contributed by atoms with van der Waals surface area (Å²) < 4.78 is 37.6. The second kappa shape index (κ2) is 6.43. The molecule has 0 aliphatic rings. The number of carbonyl (C=O) groups is 1. The van der Waals surface area contributed by atoms with E-state index in [2.05, 4.69) is 22.1 Å². The molecule has 1 rings (SSSR count). The Hall–Kier alpha value is -1.74. The number of amides is 1. The first kappa shape index (κ1) is 15.3. The van der Waals surface area contributed by atoms with Gasteiger partial charge in [0.05, 0.1) is 5.56 Å². The SMILES string of the molecule is CC(=O)NCCC#Cc1cnc(Cl)c(C(F)(F)F)c1. The summed E-state index contributed by atoms with van der Waals surface area (Å²) in [6.07, 6.45) is -3.05. The molecule has 1 N–H and O–H groups in total. The lowest BCUT2D eigenvalue weighted by Gasteiger charge is -2.07. The predicted octanol–water partition coefficient (Wildman–Crippen LogP) is 2.63. The van der Waals surface area contributed by atoms with Crippen molar-refractivity contribution < 1.29 is 18.0 Å². The summed E-state index contributed by atoms with van der Waals surface area (Å²) in [6, 6.07) is 0.848. The van der Waals surface area contributed by atoms with Gasteiger partial charge in [0.1, 0.15) is 5.15 Å². The van der Waals surface area contributed by atoms with Crippen molar-refractivity contribution in [3.05, 3.63) is 28.5 Å². The molecule has 1 amide bonds. The number of hydrogen-bond acceptors (Lipinski definition) is 2. The molecular formula is C12H10ClF3N2O. The Morgan fingerprint density at radius 3 is 2.79 bits per heavy atom. The highest BCUT2D eigenvalue weighted by Gasteiger charge is 2.34. The number of nitrogens with zero attached hydrogens (tertiary/aromatic N) is 1. The van der Waals surface area contributed by atoms with Crippen LogP contribution in [0.15, 0.2) is 12.3 Å². The third kappa shape index (κ3) is 5.18. The van der Waals surface area contributed by atoms with Crippen LogP contribution in [0.4, 0.5) is 13.2 Å². The van der Waals surface area contributed by atoms with E-state index in [-0.39, 0.29) is 11.5 Å². The Bertz CT molecular complexity index is 532. The quantitative estimate of drug-likeness (QED) is 0.517. The number of nitrogens with one attached hydrogen (secondary N) is 1. The fourth-order valence-corrected chi connectivity index (χ4v) is 1.39. The maximum absolute atomic E-state index is 12.5. The molecule has 0 aromatic carbocycles. The van der Waals surface area contributed by atoms with Crippen LogP contribution >= 0.6 is 11.6 Å². The van der Waals surface area contributed by atoms with Gasteiger partial charge in [0.15, 0.2) is 0 Å². The van der Waals surface area contributed by atoms with Gasteiger partial charge < -0.3 is 5.32 Å². The largest absolute Gasteiger partial charge is 0.419 e. The Kier molecular flexibility index (Phi) is 5.19. The van der Waals surface area contributed by atoms with Crippen molar-refractivity contribution in [3.63, 3.8) is 0 Å². The Morgan fingerprint density at radius 2 is 2.21 bits per heavy atom. The van der Waals surface area contributed by atoms with Gasteiger partial charge in [0.25, 0.3) is 0 Å². The number of aromatic nitrogens is 1. The molecule has 0 atom stereocenters. The minimum absolute atomic E-state index is 0.125. The second-order valence-electron chi connectivity index (χ2n) is 3.59. The highest BCUT2D eigenvalue weighted by atomic mass is 35.5. The van der Waals surface area contributed by atoms with Crippen LogP contribution < -0.4 is 5.32 Å². The molecule has 102 valence electrons. The van der Waals surface area contributed by atoms with Gasteiger partial charge in [-0.05, 0) is 6.07 Å². The topological polar surface area (TPSA) is 42.0 Å². The smallest absolute Gasteiger partial charge is 0.355 e. The zero-order chi connectivity index (χ0) is 14.5. The van der Waals surface area contributed by atoms with E-state index in [1.165, 1.54) is 13.1 Å². The summed E-state index contributed by atoms with van der Waals surface area (Å²) in [5, 5.41) is 1.92. The number of pyridine rings is 1. The molecule has 0 unspecified atom stereocenters. The fourth-order valence-electron chi connectivity index (χ4n) is 1.18. The molecule has 0 spiro atoms. The first-order chi connectivity index (χ1) is 8.80. The van der Waals surface area contributed by atoms with Gasteiger partial charge in [0, 0.05) is 31.6 Å². The van der Waals surface area contributed by atoms with Gasteiger partial charge >= 0.3 is 6.18 Å². The zero-order valence-corrected chi connectivity index (χ0v) is 10.7. The highest BCUT2D eigenvalue weighted by molar-refractivity contribution is 6.30. The summed E-state index contributed by atoms with van der Waals surface area (Å²) in [6.45, 7) is 1.71. The van der Waals surface area contributed by atoms with E-state index in [4.69, 9.17) is 11.6 Å². The molecule has 19 heavy (non-hydrogen) atoms. The van der Waals surface area contributed by atoms with Crippen molar-refractivity contribution in [1.29, 1.82) is 0 Å². The van der Waals surface area contributed by atoms with Crippen LogP contribution in [0.2, 0.25) is 5.15 Å². The third-order valence-electron chi connectivity index (χ3n) is 2.00. The highest BCUT2D eigenvalue weighted by Crippen LogP contribution is 2.33. The van der Waals surface area contributed by atoms with Crippen molar-refractivity contribution >= 4 is 17.5 Å². The zero-order valence-electron chi connectivity index (χ0n) is 9.94. The van der Waals surface area contributed by atoms with Gasteiger partial charge in [-0.3, -0.25) is 4.79 Å². The molecule has 0 saturated carbocycles. The molecule has 1 aromatic rings. The van der Waals surface area contributed by atoms with E-state index in [0.717, 1.165) is 6.07 Å². The van der Waals surface area contributed by atoms with Crippen molar-refractivity contribution in [1.82, 2.24) is 10.3 Å². The van der Waals surface area contributed by atoms with Crippen LogP contribution in [0.25, 0.3) is 0 Å². The number of alkyl halides is 3. The van der Waals surface area contributed by atoms with Crippen LogP contribution in [0, 0.1) is 11.8 Å². The van der Waals surface area contributed by atoms with Crippen molar-refractivity contribution in [2.45, 2.75) is 19.5 Å². The number of carbonyl (C=O) groups excluding carboxylic acids is 1. The maximum Gasteiger partial charge on any atom is 0.419 e. The normalized spacial score (nSPS) is 10.6. The van der Waals surface area contributed by atoms with E-state index in [0.29, 0.717) is 13.0 Å². The van der Waals surface area contributed by atoms with Crippen molar-refractivity contribution in [3.8, 4) is 11.8 Å². The number of rotatable bonds is 2. The lowest BCUT2D eigenvalue weighted by atomic mass is 10.2. The first-order valence-electron chi connectivity index (χ1n) is 5.26. The van der Waals surface area contributed by atoms with Crippen molar-refractivity contribution in [2.75, 3.05) is 6.54 Å². The van der Waals surface area contributed by atoms with Crippen LogP contribution in [-0.2, 0) is 11.0 Å². The molecule has 0 saturated heterocycles. The average Bonchev–Trinajstić information content (AvgIpc) is 2.28. The van der Waals surface area contributed by atoms with E-state index >= 15 is 0 Å². The molecule has 1 aromatic heterocycles. The summed E-state index contributed by atoms with van der Waals surface area (Å²) >= 11 is 5.37. The summed E-state index contributed by atoms with van der Waals surface area (Å²) in [4.78, 5) is 14.0. The van der Waals surface area contributed by atoms with Crippen LogP contribution in [-0.4, -0.2) is 17.4 Å². The van der Waals surface area contributed by atoms with Gasteiger partial charge in [-0.2, -0.15) is 13.2 Å². The molecule has 0 bridgehead atoms. The van der Waals surface area contributed by atoms with Crippen molar-refractivity contribution in [2.24, 2.45) is 0 Å². The molecule has 7 heteroatoms. The van der Waals surface area contributed by atoms with E-state index in [9.17, 15) is 18.0 Å². The molecule has 3 nitrogen and oxygen atoms in total. The Morgan fingerprint density at radius 1 is 1.53 bits per heavy atom. The van der Waals surface area contributed by atoms with E-state index in [1.807, 2.05) is 0 Å². The molecule has 0 radical (unpaired) electrons. The number of halogens is 4. The summed E-state index contributed by atoms with van der Waals surface area (Å²) in [7, 11) is 0. The molecule has 1 heterocycles. The van der Waals surface area contributed by atoms with E-state index in [1.54, 1.807) is 0 Å².